The summed E-state index contributed by atoms with van der Waals surface area (Å²) in [6.45, 7) is 3.48. The summed E-state index contributed by atoms with van der Waals surface area (Å²) in [4.78, 5) is 42.8. The summed E-state index contributed by atoms with van der Waals surface area (Å²) in [5.74, 6) is -3.76. The predicted molar refractivity (Wildman–Crippen MR) is 103 cm³/mol. The van der Waals surface area contributed by atoms with Gasteiger partial charge in [0, 0.05) is 44.5 Å². The lowest BCUT2D eigenvalue weighted by atomic mass is 9.85. The van der Waals surface area contributed by atoms with Gasteiger partial charge in [-0.05, 0) is 42.7 Å². The van der Waals surface area contributed by atoms with Crippen LogP contribution in [-0.4, -0.2) is 41.5 Å². The van der Waals surface area contributed by atoms with Crippen molar-refractivity contribution in [1.29, 1.82) is 0 Å². The van der Waals surface area contributed by atoms with Gasteiger partial charge >= 0.3 is 0 Å². The van der Waals surface area contributed by atoms with Gasteiger partial charge in [-0.25, -0.2) is 8.78 Å². The van der Waals surface area contributed by atoms with Crippen LogP contribution in [0.15, 0.2) is 24.4 Å². The number of rotatable bonds is 4. The lowest BCUT2D eigenvalue weighted by Crippen LogP contribution is -2.26. The van der Waals surface area contributed by atoms with Crippen molar-refractivity contribution in [3.63, 3.8) is 0 Å². The maximum atomic E-state index is 14.1. The number of hydrogen-bond acceptors (Lipinski definition) is 4. The van der Waals surface area contributed by atoms with Crippen molar-refractivity contribution in [2.24, 2.45) is 5.92 Å². The highest BCUT2D eigenvalue weighted by molar-refractivity contribution is 6.15. The molecule has 1 heterocycles. The number of pyridine rings is 1. The minimum atomic E-state index is -0.921. The molecule has 2 aromatic rings. The fourth-order valence-corrected chi connectivity index (χ4v) is 3.92. The highest BCUT2D eigenvalue weighted by Gasteiger charge is 2.44. The van der Waals surface area contributed by atoms with E-state index < -0.39 is 23.5 Å². The smallest absolute Gasteiger partial charge is 0.222 e. The summed E-state index contributed by atoms with van der Waals surface area (Å²) in [6.07, 6.45) is 0.986. The molecule has 1 aliphatic rings. The Bertz CT molecular complexity index is 994. The number of hydrogen-bond donors (Lipinski definition) is 0. The first-order valence-electron chi connectivity index (χ1n) is 9.29. The van der Waals surface area contributed by atoms with Crippen LogP contribution in [0.4, 0.5) is 8.78 Å². The molecule has 1 saturated carbocycles. The number of nitrogens with zero attached hydrogens (tertiary/aromatic N) is 2. The van der Waals surface area contributed by atoms with E-state index in [9.17, 15) is 23.2 Å². The minimum Gasteiger partial charge on any atom is -0.349 e. The Labute approximate surface area is 167 Å². The summed E-state index contributed by atoms with van der Waals surface area (Å²) in [7, 11) is 3.22. The SMILES string of the molecule is Cc1cc(-c2ncc(F)cc2F)cc(C)c1C1C(=O)CC(CC(=O)N(C)C)C1=O. The van der Waals surface area contributed by atoms with E-state index in [1.807, 2.05) is 0 Å². The number of halogens is 2. The van der Waals surface area contributed by atoms with Gasteiger partial charge in [-0.3, -0.25) is 19.4 Å². The lowest BCUT2D eigenvalue weighted by molar-refractivity contribution is -0.133. The van der Waals surface area contributed by atoms with Crippen molar-refractivity contribution >= 4 is 17.5 Å². The maximum Gasteiger partial charge on any atom is 0.222 e. The van der Waals surface area contributed by atoms with E-state index in [0.717, 1.165) is 12.3 Å². The molecule has 29 heavy (non-hydrogen) atoms. The van der Waals surface area contributed by atoms with Crippen LogP contribution in [0, 0.1) is 31.4 Å². The molecule has 0 radical (unpaired) electrons. The van der Waals surface area contributed by atoms with Crippen molar-refractivity contribution in [2.75, 3.05) is 14.1 Å². The molecule has 0 aliphatic heterocycles. The number of carbonyl (C=O) groups excluding carboxylic acids is 3. The Kier molecular flexibility index (Phi) is 5.59. The minimum absolute atomic E-state index is 0.00248. The Hall–Kier alpha value is -2.96. The maximum absolute atomic E-state index is 14.1. The molecule has 152 valence electrons. The highest BCUT2D eigenvalue weighted by Crippen LogP contribution is 2.38. The molecule has 0 N–H and O–H groups in total. The quantitative estimate of drug-likeness (QED) is 0.738. The Morgan fingerprint density at radius 2 is 1.76 bits per heavy atom. The Balaban J connectivity index is 1.96. The second-order valence-corrected chi connectivity index (χ2v) is 7.70. The fourth-order valence-electron chi connectivity index (χ4n) is 3.92. The van der Waals surface area contributed by atoms with Crippen LogP contribution in [0.1, 0.15) is 35.4 Å². The summed E-state index contributed by atoms with van der Waals surface area (Å²) < 4.78 is 27.3. The molecular weight excluding hydrogens is 378 g/mol. The average molecular weight is 400 g/mol. The third-order valence-corrected chi connectivity index (χ3v) is 5.34. The molecule has 0 spiro atoms. The molecular formula is C22H22F2N2O3. The number of benzene rings is 1. The first-order chi connectivity index (χ1) is 13.6. The van der Waals surface area contributed by atoms with E-state index in [1.165, 1.54) is 4.90 Å². The standard InChI is InChI=1S/C22H22F2N2O3/c1-11-5-13(21-16(24)9-15(23)10-25-21)6-12(2)19(11)20-17(27)7-14(22(20)29)8-18(28)26(3)4/h5-6,9-10,14,20H,7-8H2,1-4H3. The van der Waals surface area contributed by atoms with Gasteiger partial charge in [-0.1, -0.05) is 0 Å². The molecule has 1 aromatic carbocycles. The molecule has 7 heteroatoms. The molecule has 1 amide bonds. The molecule has 2 atom stereocenters. The van der Waals surface area contributed by atoms with Crippen LogP contribution in [0.2, 0.25) is 0 Å². The largest absolute Gasteiger partial charge is 0.349 e. The van der Waals surface area contributed by atoms with Gasteiger partial charge in [-0.15, -0.1) is 0 Å². The van der Waals surface area contributed by atoms with Gasteiger partial charge in [0.05, 0.1) is 6.20 Å². The summed E-state index contributed by atoms with van der Waals surface area (Å²) >= 11 is 0. The van der Waals surface area contributed by atoms with Gasteiger partial charge in [-0.2, -0.15) is 0 Å². The number of amides is 1. The highest BCUT2D eigenvalue weighted by atomic mass is 19.1. The van der Waals surface area contributed by atoms with Crippen LogP contribution >= 0.6 is 0 Å². The summed E-state index contributed by atoms with van der Waals surface area (Å²) in [6, 6.07) is 4.05. The van der Waals surface area contributed by atoms with Gasteiger partial charge in [0.1, 0.15) is 23.2 Å². The third-order valence-electron chi connectivity index (χ3n) is 5.34. The van der Waals surface area contributed by atoms with Crippen molar-refractivity contribution in [1.82, 2.24) is 9.88 Å². The average Bonchev–Trinajstić information content (AvgIpc) is 2.88. The monoisotopic (exact) mass is 400 g/mol. The molecule has 0 saturated heterocycles. The molecule has 1 aliphatic carbocycles. The molecule has 1 fully saturated rings. The summed E-state index contributed by atoms with van der Waals surface area (Å²) in [5, 5.41) is 0. The van der Waals surface area contributed by atoms with Crippen molar-refractivity contribution < 1.29 is 23.2 Å². The fraction of sp³-hybridized carbons (Fsp3) is 0.364. The van der Waals surface area contributed by atoms with Crippen LogP contribution < -0.4 is 0 Å². The van der Waals surface area contributed by atoms with E-state index in [2.05, 4.69) is 4.98 Å². The second-order valence-electron chi connectivity index (χ2n) is 7.70. The number of aromatic nitrogens is 1. The Morgan fingerprint density at radius 1 is 1.14 bits per heavy atom. The normalized spacial score (nSPS) is 19.0. The number of Topliss-reactive ketones (excluding diaryl/α,β-unsaturated/α-hetero) is 2. The van der Waals surface area contributed by atoms with Crippen molar-refractivity contribution in [2.45, 2.75) is 32.6 Å². The van der Waals surface area contributed by atoms with Gasteiger partial charge in [0.15, 0.2) is 11.6 Å². The number of carbonyl (C=O) groups is 3. The first kappa shape index (κ1) is 20.8. The van der Waals surface area contributed by atoms with E-state index in [0.29, 0.717) is 22.3 Å². The molecule has 5 nitrogen and oxygen atoms in total. The van der Waals surface area contributed by atoms with Crippen LogP contribution in [0.5, 0.6) is 0 Å². The third kappa shape index (κ3) is 3.95. The molecule has 0 bridgehead atoms. The molecule has 2 unspecified atom stereocenters. The predicted octanol–water partition coefficient (Wildman–Crippen LogP) is 3.36. The van der Waals surface area contributed by atoms with E-state index in [4.69, 9.17) is 0 Å². The Morgan fingerprint density at radius 3 is 2.31 bits per heavy atom. The van der Waals surface area contributed by atoms with E-state index in [-0.39, 0.29) is 36.0 Å². The van der Waals surface area contributed by atoms with Crippen molar-refractivity contribution in [3.8, 4) is 11.3 Å². The number of aryl methyl sites for hydroxylation is 2. The first-order valence-corrected chi connectivity index (χ1v) is 9.29. The van der Waals surface area contributed by atoms with E-state index in [1.54, 1.807) is 40.1 Å². The van der Waals surface area contributed by atoms with Gasteiger partial charge < -0.3 is 4.90 Å². The number of ketones is 2. The lowest BCUT2D eigenvalue weighted by Gasteiger charge is -2.18. The zero-order valence-corrected chi connectivity index (χ0v) is 16.8. The van der Waals surface area contributed by atoms with E-state index >= 15 is 0 Å². The van der Waals surface area contributed by atoms with Crippen LogP contribution in [-0.2, 0) is 14.4 Å². The second kappa shape index (κ2) is 7.81. The zero-order chi connectivity index (χ0) is 21.5. The van der Waals surface area contributed by atoms with Gasteiger partial charge in [0.2, 0.25) is 5.91 Å². The van der Waals surface area contributed by atoms with Crippen LogP contribution in [0.25, 0.3) is 11.3 Å². The molecule has 3 rings (SSSR count). The van der Waals surface area contributed by atoms with Gasteiger partial charge in [0.25, 0.3) is 0 Å². The van der Waals surface area contributed by atoms with Crippen molar-refractivity contribution in [3.05, 3.63) is 52.7 Å². The topological polar surface area (TPSA) is 67.3 Å². The van der Waals surface area contributed by atoms with Crippen LogP contribution in [0.3, 0.4) is 0 Å². The molecule has 1 aromatic heterocycles. The zero-order valence-electron chi connectivity index (χ0n) is 16.8. The summed E-state index contributed by atoms with van der Waals surface area (Å²) in [5.41, 5.74) is 2.33.